The number of nitrogens with zero attached hydrogens (tertiary/aromatic N) is 2. The van der Waals surface area contributed by atoms with Crippen molar-refractivity contribution in [1.29, 1.82) is 0 Å². The van der Waals surface area contributed by atoms with Crippen LogP contribution in [-0.4, -0.2) is 79.7 Å². The molecule has 6 rings (SSSR count). The number of carbonyl (C=O) groups is 3. The number of morpholine rings is 1. The number of anilines is 2. The average molecular weight is 598 g/mol. The zero-order valence-electron chi connectivity index (χ0n) is 24.2. The number of fused-ring (bicyclic) bond motifs is 1. The molecule has 3 aliphatic heterocycles. The predicted octanol–water partition coefficient (Wildman–Crippen LogP) is 0.885. The third-order valence-electron chi connectivity index (χ3n) is 8.15. The minimum absolute atomic E-state index is 0.147. The van der Waals surface area contributed by atoms with Gasteiger partial charge in [0.25, 0.3) is 11.8 Å². The van der Waals surface area contributed by atoms with Gasteiger partial charge in [-0.2, -0.15) is 0 Å². The highest BCUT2D eigenvalue weighted by atomic mass is 16.5. The number of nitrogens with one attached hydrogen (secondary N) is 3. The monoisotopic (exact) mass is 597 g/mol. The lowest BCUT2D eigenvalue weighted by molar-refractivity contribution is -0.122. The molecule has 12 heteroatoms. The molecule has 0 aromatic heterocycles. The summed E-state index contributed by atoms with van der Waals surface area (Å²) in [6.45, 7) is 4.10. The quantitative estimate of drug-likeness (QED) is 0.186. The first-order valence-corrected chi connectivity index (χ1v) is 14.4. The molecule has 0 radical (unpaired) electrons. The zero-order chi connectivity index (χ0) is 30.8. The van der Waals surface area contributed by atoms with Gasteiger partial charge in [0.2, 0.25) is 16.4 Å². The first-order chi connectivity index (χ1) is 21.3. The SMILES string of the molecule is COc1ccc2c(c1)C(=O)N(C[C@@]1(C#Cc3ccc(Nc4c(CCCN5CCOCC5)c(=O)c4=O)cc3)NC(=O)NC1=O)C2. The van der Waals surface area contributed by atoms with Crippen LogP contribution < -0.4 is 31.5 Å². The maximum atomic E-state index is 13.1. The van der Waals surface area contributed by atoms with Crippen molar-refractivity contribution in [3.8, 4) is 17.6 Å². The molecule has 3 aromatic rings. The van der Waals surface area contributed by atoms with E-state index in [4.69, 9.17) is 9.47 Å². The van der Waals surface area contributed by atoms with Gasteiger partial charge in [-0.3, -0.25) is 29.4 Å². The van der Waals surface area contributed by atoms with Gasteiger partial charge < -0.3 is 25.0 Å². The Morgan fingerprint density at radius 3 is 2.50 bits per heavy atom. The van der Waals surface area contributed by atoms with E-state index in [2.05, 4.69) is 32.7 Å². The smallest absolute Gasteiger partial charge is 0.323 e. The van der Waals surface area contributed by atoms with Crippen LogP contribution in [0.2, 0.25) is 0 Å². The van der Waals surface area contributed by atoms with E-state index in [-0.39, 0.29) is 19.0 Å². The molecule has 4 amide bonds. The fraction of sp³-hybridized carbons (Fsp3) is 0.344. The average Bonchev–Trinajstić information content (AvgIpc) is 3.50. The molecule has 3 aliphatic rings. The molecule has 226 valence electrons. The predicted molar refractivity (Wildman–Crippen MR) is 161 cm³/mol. The van der Waals surface area contributed by atoms with Crippen molar-refractivity contribution in [1.82, 2.24) is 20.4 Å². The number of amides is 4. The summed E-state index contributed by atoms with van der Waals surface area (Å²) >= 11 is 0. The van der Waals surface area contributed by atoms with E-state index in [0.29, 0.717) is 53.4 Å². The first-order valence-electron chi connectivity index (χ1n) is 14.4. The summed E-state index contributed by atoms with van der Waals surface area (Å²) < 4.78 is 10.6. The number of ether oxygens (including phenoxy) is 2. The maximum absolute atomic E-state index is 13.1. The molecular formula is C32H31N5O7. The minimum Gasteiger partial charge on any atom is -0.497 e. The van der Waals surface area contributed by atoms with Crippen molar-refractivity contribution in [2.45, 2.75) is 24.9 Å². The third-order valence-corrected chi connectivity index (χ3v) is 8.15. The number of benzene rings is 2. The Labute approximate surface area is 253 Å². The van der Waals surface area contributed by atoms with Crippen LogP contribution in [0.3, 0.4) is 0 Å². The van der Waals surface area contributed by atoms with Crippen molar-refractivity contribution in [3.63, 3.8) is 0 Å². The van der Waals surface area contributed by atoms with Crippen molar-refractivity contribution in [2.75, 3.05) is 51.8 Å². The largest absolute Gasteiger partial charge is 0.497 e. The summed E-state index contributed by atoms with van der Waals surface area (Å²) in [7, 11) is 1.52. The number of hydrogen-bond donors (Lipinski definition) is 3. The highest BCUT2D eigenvalue weighted by Gasteiger charge is 2.48. The van der Waals surface area contributed by atoms with Gasteiger partial charge in [0.1, 0.15) is 5.75 Å². The van der Waals surface area contributed by atoms with Crippen LogP contribution in [0.25, 0.3) is 0 Å². The number of rotatable bonds is 9. The fourth-order valence-electron chi connectivity index (χ4n) is 5.69. The lowest BCUT2D eigenvalue weighted by Crippen LogP contribution is -2.54. The molecule has 2 fully saturated rings. The molecule has 0 unspecified atom stereocenters. The van der Waals surface area contributed by atoms with Gasteiger partial charge in [0, 0.05) is 42.0 Å². The number of imide groups is 1. The Hall–Kier alpha value is -4.99. The summed E-state index contributed by atoms with van der Waals surface area (Å²) in [6.07, 6.45) is 1.28. The lowest BCUT2D eigenvalue weighted by atomic mass is 9.99. The van der Waals surface area contributed by atoms with E-state index in [1.165, 1.54) is 12.0 Å². The Morgan fingerprint density at radius 2 is 1.80 bits per heavy atom. The Kier molecular flexibility index (Phi) is 7.90. The Morgan fingerprint density at radius 1 is 1.02 bits per heavy atom. The molecule has 3 heterocycles. The molecule has 2 saturated heterocycles. The lowest BCUT2D eigenvalue weighted by Gasteiger charge is -2.26. The number of carbonyl (C=O) groups excluding carboxylic acids is 3. The Bertz CT molecular complexity index is 1760. The standard InChI is InChI=1S/C32H31N5O7/c1-43-23-9-6-21-18-37(29(40)25(21)17-23)19-32(30(41)34-31(42)35-32)11-10-20-4-7-22(8-5-20)33-26-24(27(38)28(26)39)3-2-12-36-13-15-44-16-14-36/h4-9,17,33H,2-3,12-16,18-19H2,1H3,(H2,34,35,41,42)/t32-/m1/s1. The first kappa shape index (κ1) is 29.1. The molecule has 0 bridgehead atoms. The van der Waals surface area contributed by atoms with E-state index >= 15 is 0 Å². The molecule has 0 aliphatic carbocycles. The molecule has 3 N–H and O–H groups in total. The van der Waals surface area contributed by atoms with Gasteiger partial charge >= 0.3 is 6.03 Å². The third kappa shape index (κ3) is 5.67. The molecule has 1 atom stereocenters. The molecule has 12 nitrogen and oxygen atoms in total. The van der Waals surface area contributed by atoms with Crippen LogP contribution in [-0.2, 0) is 22.5 Å². The van der Waals surface area contributed by atoms with Crippen LogP contribution >= 0.6 is 0 Å². The van der Waals surface area contributed by atoms with Crippen LogP contribution in [0.15, 0.2) is 52.1 Å². The van der Waals surface area contributed by atoms with Crippen LogP contribution in [0.1, 0.15) is 33.5 Å². The van der Waals surface area contributed by atoms with E-state index in [9.17, 15) is 24.0 Å². The van der Waals surface area contributed by atoms with Crippen LogP contribution in [0.5, 0.6) is 5.75 Å². The maximum Gasteiger partial charge on any atom is 0.323 e. The Balaban J connectivity index is 1.13. The summed E-state index contributed by atoms with van der Waals surface area (Å²) in [5.41, 5.74) is 0.610. The fourth-order valence-corrected chi connectivity index (χ4v) is 5.69. The van der Waals surface area contributed by atoms with E-state index in [0.717, 1.165) is 31.6 Å². The van der Waals surface area contributed by atoms with Gasteiger partial charge in [-0.05, 0) is 61.3 Å². The zero-order valence-corrected chi connectivity index (χ0v) is 24.2. The van der Waals surface area contributed by atoms with E-state index in [1.54, 1.807) is 42.5 Å². The van der Waals surface area contributed by atoms with E-state index in [1.807, 2.05) is 0 Å². The second-order valence-corrected chi connectivity index (χ2v) is 11.0. The highest BCUT2D eigenvalue weighted by Crippen LogP contribution is 2.28. The van der Waals surface area contributed by atoms with Gasteiger partial charge in [-0.25, -0.2) is 4.79 Å². The summed E-state index contributed by atoms with van der Waals surface area (Å²) in [4.78, 5) is 66.5. The van der Waals surface area contributed by atoms with Crippen molar-refractivity contribution >= 4 is 29.2 Å². The number of methoxy groups -OCH3 is 1. The normalized spacial score (nSPS) is 19.8. The summed E-state index contributed by atoms with van der Waals surface area (Å²) in [6, 6.07) is 11.3. The van der Waals surface area contributed by atoms with Crippen LogP contribution in [0, 0.1) is 11.8 Å². The van der Waals surface area contributed by atoms with Gasteiger partial charge in [-0.15, -0.1) is 0 Å². The summed E-state index contributed by atoms with van der Waals surface area (Å²) in [5.74, 6) is 5.44. The molecule has 3 aromatic carbocycles. The van der Waals surface area contributed by atoms with Gasteiger partial charge in [0.15, 0.2) is 0 Å². The molecule has 0 saturated carbocycles. The van der Waals surface area contributed by atoms with Crippen molar-refractivity contribution in [2.24, 2.45) is 0 Å². The number of urea groups is 1. The molecule has 44 heavy (non-hydrogen) atoms. The second kappa shape index (κ2) is 11.9. The van der Waals surface area contributed by atoms with Crippen molar-refractivity contribution in [3.05, 3.63) is 85.2 Å². The van der Waals surface area contributed by atoms with Gasteiger partial charge in [-0.1, -0.05) is 17.9 Å². The molecular weight excluding hydrogens is 566 g/mol. The second-order valence-electron chi connectivity index (χ2n) is 11.0. The van der Waals surface area contributed by atoms with E-state index < -0.39 is 28.3 Å². The van der Waals surface area contributed by atoms with Crippen LogP contribution in [0.4, 0.5) is 16.2 Å². The van der Waals surface area contributed by atoms with Gasteiger partial charge in [0.05, 0.1) is 32.6 Å². The number of hydrogen-bond acceptors (Lipinski definition) is 9. The van der Waals surface area contributed by atoms with Crippen molar-refractivity contribution < 1.29 is 23.9 Å². The summed E-state index contributed by atoms with van der Waals surface area (Å²) in [5, 5.41) is 7.89. The molecule has 0 spiro atoms. The topological polar surface area (TPSA) is 146 Å². The highest BCUT2D eigenvalue weighted by molar-refractivity contribution is 6.10. The minimum atomic E-state index is -1.64.